The summed E-state index contributed by atoms with van der Waals surface area (Å²) in [4.78, 5) is 15.6. The molecule has 1 aromatic heterocycles. The van der Waals surface area contributed by atoms with Crippen molar-refractivity contribution >= 4 is 28.5 Å². The van der Waals surface area contributed by atoms with Gasteiger partial charge in [0, 0.05) is 11.6 Å². The predicted octanol–water partition coefficient (Wildman–Crippen LogP) is 5.02. The number of fused-ring (bicyclic) bond motifs is 1. The number of alkyl halides is 3. The first-order valence-corrected chi connectivity index (χ1v) is 7.45. The summed E-state index contributed by atoms with van der Waals surface area (Å²) in [5.74, 6) is 0. The lowest BCUT2D eigenvalue weighted by atomic mass is 10.0. The molecule has 0 spiro atoms. The van der Waals surface area contributed by atoms with Gasteiger partial charge in [0.05, 0.1) is 0 Å². The highest BCUT2D eigenvalue weighted by Gasteiger charge is 2.42. The maximum atomic E-state index is 13.4. The monoisotopic (exact) mass is 360 g/mol. The van der Waals surface area contributed by atoms with Gasteiger partial charge in [-0.2, -0.15) is 13.2 Å². The van der Waals surface area contributed by atoms with Gasteiger partial charge >= 0.3 is 12.3 Å². The van der Waals surface area contributed by atoms with Crippen LogP contribution in [0.15, 0.2) is 30.5 Å². The molecule has 130 valence electrons. The Morgan fingerprint density at radius 3 is 2.46 bits per heavy atom. The third-order valence-corrected chi connectivity index (χ3v) is 3.24. The number of nitrogens with one attached hydrogen (secondary N) is 1. The molecule has 0 aliphatic carbocycles. The number of benzene rings is 1. The van der Waals surface area contributed by atoms with Crippen molar-refractivity contribution in [3.8, 4) is 0 Å². The first kappa shape index (κ1) is 18.3. The van der Waals surface area contributed by atoms with Gasteiger partial charge in [-0.15, -0.1) is 0 Å². The minimum atomic E-state index is -4.68. The number of halogens is 4. The number of hydrogen-bond donors (Lipinski definition) is 1. The molecule has 2 aromatic rings. The highest BCUT2D eigenvalue weighted by atomic mass is 35.5. The lowest BCUT2D eigenvalue weighted by Crippen LogP contribution is -2.41. The Balaban J connectivity index is 2.36. The van der Waals surface area contributed by atoms with Crippen LogP contribution in [0.5, 0.6) is 0 Å². The van der Waals surface area contributed by atoms with Crippen LogP contribution in [0.2, 0.25) is 5.15 Å². The molecular weight excluding hydrogens is 345 g/mol. The molecule has 0 saturated carbocycles. The number of nitrogens with zero attached hydrogens (tertiary/aromatic N) is 1. The lowest BCUT2D eigenvalue weighted by Gasteiger charge is -2.25. The van der Waals surface area contributed by atoms with E-state index >= 15 is 0 Å². The second kappa shape index (κ2) is 6.47. The molecule has 0 radical (unpaired) electrons. The first-order chi connectivity index (χ1) is 11.0. The Labute approximate surface area is 142 Å². The van der Waals surface area contributed by atoms with Gasteiger partial charge in [-0.05, 0) is 43.9 Å². The average molecular weight is 361 g/mol. The number of carbonyl (C=O) groups is 1. The number of ether oxygens (including phenoxy) is 1. The van der Waals surface area contributed by atoms with Crippen LogP contribution >= 0.6 is 11.6 Å². The largest absolute Gasteiger partial charge is 0.444 e. The fraction of sp³-hybridized carbons (Fsp3) is 0.375. The molecule has 4 nitrogen and oxygen atoms in total. The molecule has 1 heterocycles. The number of hydrogen-bond acceptors (Lipinski definition) is 3. The van der Waals surface area contributed by atoms with E-state index in [1.807, 2.05) is 5.32 Å². The van der Waals surface area contributed by atoms with Crippen molar-refractivity contribution in [3.63, 3.8) is 0 Å². The summed E-state index contributed by atoms with van der Waals surface area (Å²) in [6, 6.07) is 3.36. The molecule has 0 saturated heterocycles. The van der Waals surface area contributed by atoms with Gasteiger partial charge < -0.3 is 10.1 Å². The molecule has 1 aromatic carbocycles. The Kier molecular flexibility index (Phi) is 4.94. The summed E-state index contributed by atoms with van der Waals surface area (Å²) < 4.78 is 45.0. The molecule has 0 aliphatic rings. The highest BCUT2D eigenvalue weighted by Crippen LogP contribution is 2.34. The Morgan fingerprint density at radius 2 is 1.88 bits per heavy atom. The standard InChI is InChI=1S/C16H16ClF3N2O2/c1-15(2,3)24-14(23)22-13(16(18,19)20)9-4-5-10-8-21-12(17)7-11(10)6-9/h4-8,13H,1-3H3,(H,22,23). The number of rotatable bonds is 2. The quantitative estimate of drug-likeness (QED) is 0.765. The van der Waals surface area contributed by atoms with E-state index in [2.05, 4.69) is 4.98 Å². The average Bonchev–Trinajstić information content (AvgIpc) is 2.41. The first-order valence-electron chi connectivity index (χ1n) is 7.07. The number of carbonyl (C=O) groups excluding carboxylic acids is 1. The molecular formula is C16H16ClF3N2O2. The SMILES string of the molecule is CC(C)(C)OC(=O)NC(c1ccc2cnc(Cl)cc2c1)C(F)(F)F. The summed E-state index contributed by atoms with van der Waals surface area (Å²) in [6.45, 7) is 4.71. The Hall–Kier alpha value is -2.02. The molecule has 8 heteroatoms. The molecule has 1 unspecified atom stereocenters. The van der Waals surface area contributed by atoms with Crippen LogP contribution in [0.25, 0.3) is 10.8 Å². The van der Waals surface area contributed by atoms with E-state index in [0.29, 0.717) is 10.8 Å². The third-order valence-electron chi connectivity index (χ3n) is 3.03. The number of alkyl carbamates (subject to hydrolysis) is 1. The minimum Gasteiger partial charge on any atom is -0.444 e. The zero-order chi connectivity index (χ0) is 18.1. The number of amides is 1. The normalized spacial score (nSPS) is 13.6. The molecule has 0 bridgehead atoms. The number of pyridine rings is 1. The second-order valence-electron chi connectivity index (χ2n) is 6.23. The van der Waals surface area contributed by atoms with E-state index in [1.165, 1.54) is 30.5 Å². The van der Waals surface area contributed by atoms with Crippen molar-refractivity contribution in [3.05, 3.63) is 41.2 Å². The zero-order valence-corrected chi connectivity index (χ0v) is 14.0. The highest BCUT2D eigenvalue weighted by molar-refractivity contribution is 6.30. The summed E-state index contributed by atoms with van der Waals surface area (Å²) in [5.41, 5.74) is -1.02. The van der Waals surface area contributed by atoms with E-state index in [4.69, 9.17) is 16.3 Å². The van der Waals surface area contributed by atoms with Gasteiger partial charge in [-0.3, -0.25) is 0 Å². The molecule has 1 atom stereocenters. The van der Waals surface area contributed by atoms with E-state index < -0.39 is 23.9 Å². The maximum absolute atomic E-state index is 13.4. The van der Waals surface area contributed by atoms with E-state index in [1.54, 1.807) is 20.8 Å². The summed E-state index contributed by atoms with van der Waals surface area (Å²) in [5, 5.41) is 3.18. The molecule has 1 amide bonds. The molecule has 2 rings (SSSR count). The van der Waals surface area contributed by atoms with Crippen molar-refractivity contribution in [1.82, 2.24) is 10.3 Å². The van der Waals surface area contributed by atoms with Crippen LogP contribution in [0.3, 0.4) is 0 Å². The van der Waals surface area contributed by atoms with Crippen LogP contribution in [0.1, 0.15) is 32.4 Å². The van der Waals surface area contributed by atoms with Crippen molar-refractivity contribution in [2.75, 3.05) is 0 Å². The summed E-state index contributed by atoms with van der Waals surface area (Å²) >= 11 is 5.77. The minimum absolute atomic E-state index is 0.122. The lowest BCUT2D eigenvalue weighted by molar-refractivity contribution is -0.156. The molecule has 24 heavy (non-hydrogen) atoms. The zero-order valence-electron chi connectivity index (χ0n) is 13.2. The predicted molar refractivity (Wildman–Crippen MR) is 84.9 cm³/mol. The smallest absolute Gasteiger partial charge is 0.412 e. The fourth-order valence-corrected chi connectivity index (χ4v) is 2.26. The van der Waals surface area contributed by atoms with Crippen LogP contribution in [-0.2, 0) is 4.74 Å². The summed E-state index contributed by atoms with van der Waals surface area (Å²) in [6.07, 6.45) is -4.36. The molecule has 0 fully saturated rings. The molecule has 1 N–H and O–H groups in total. The summed E-state index contributed by atoms with van der Waals surface area (Å²) in [7, 11) is 0. The van der Waals surface area contributed by atoms with Crippen LogP contribution < -0.4 is 5.32 Å². The topological polar surface area (TPSA) is 51.2 Å². The van der Waals surface area contributed by atoms with Gasteiger partial charge in [-0.1, -0.05) is 23.7 Å². The van der Waals surface area contributed by atoms with Gasteiger partial charge in [-0.25, -0.2) is 9.78 Å². The van der Waals surface area contributed by atoms with Crippen LogP contribution in [0, 0.1) is 0 Å². The van der Waals surface area contributed by atoms with Gasteiger partial charge in [0.2, 0.25) is 0 Å². The van der Waals surface area contributed by atoms with Gasteiger partial charge in [0.1, 0.15) is 10.8 Å². The van der Waals surface area contributed by atoms with Gasteiger partial charge in [0.15, 0.2) is 6.04 Å². The Morgan fingerprint density at radius 1 is 1.21 bits per heavy atom. The second-order valence-corrected chi connectivity index (χ2v) is 6.62. The van der Waals surface area contributed by atoms with E-state index in [-0.39, 0.29) is 10.7 Å². The fourth-order valence-electron chi connectivity index (χ4n) is 2.09. The van der Waals surface area contributed by atoms with E-state index in [9.17, 15) is 18.0 Å². The van der Waals surface area contributed by atoms with Crippen molar-refractivity contribution in [1.29, 1.82) is 0 Å². The van der Waals surface area contributed by atoms with Crippen molar-refractivity contribution in [2.45, 2.75) is 38.6 Å². The number of aromatic nitrogens is 1. The Bertz CT molecular complexity index is 757. The van der Waals surface area contributed by atoms with Crippen LogP contribution in [0.4, 0.5) is 18.0 Å². The molecule has 0 aliphatic heterocycles. The van der Waals surface area contributed by atoms with Crippen molar-refractivity contribution in [2.24, 2.45) is 0 Å². The third kappa shape index (κ3) is 4.74. The maximum Gasteiger partial charge on any atom is 0.412 e. The van der Waals surface area contributed by atoms with Crippen molar-refractivity contribution < 1.29 is 22.7 Å². The van der Waals surface area contributed by atoms with Crippen LogP contribution in [-0.4, -0.2) is 22.9 Å². The van der Waals surface area contributed by atoms with E-state index in [0.717, 1.165) is 0 Å². The van der Waals surface area contributed by atoms with Gasteiger partial charge in [0.25, 0.3) is 0 Å².